The van der Waals surface area contributed by atoms with E-state index in [4.69, 9.17) is 4.74 Å². The van der Waals surface area contributed by atoms with Gasteiger partial charge in [0, 0.05) is 12.5 Å². The number of rotatable bonds is 7. The second-order valence-corrected chi connectivity index (χ2v) is 7.44. The topological polar surface area (TPSA) is 41.6 Å². The van der Waals surface area contributed by atoms with E-state index in [1.165, 1.54) is 11.1 Å². The molecule has 0 radical (unpaired) electrons. The molecule has 0 bridgehead atoms. The number of nitrogens with zero attached hydrogens (tertiary/aromatic N) is 1. The molecule has 0 saturated carbocycles. The molecule has 0 aromatic heterocycles. The van der Waals surface area contributed by atoms with Crippen LogP contribution in [0.5, 0.6) is 5.75 Å². The highest BCUT2D eigenvalue weighted by molar-refractivity contribution is 5.78. The second kappa shape index (κ2) is 9.56. The molecule has 1 fully saturated rings. The summed E-state index contributed by atoms with van der Waals surface area (Å²) in [7, 11) is 0. The number of carbonyl (C=O) groups excluding carboxylic acids is 1. The van der Waals surface area contributed by atoms with Gasteiger partial charge in [-0.25, -0.2) is 0 Å². The van der Waals surface area contributed by atoms with Gasteiger partial charge in [0.2, 0.25) is 5.91 Å². The molecule has 2 aromatic carbocycles. The minimum Gasteiger partial charge on any atom is -0.491 e. The highest BCUT2D eigenvalue weighted by Gasteiger charge is 2.24. The normalized spacial score (nSPS) is 15.5. The van der Waals surface area contributed by atoms with Gasteiger partial charge in [-0.15, -0.1) is 0 Å². The minimum absolute atomic E-state index is 0.123. The fraction of sp³-hybridized carbons (Fsp3) is 0.435. The Kier molecular flexibility index (Phi) is 6.88. The number of aryl methyl sites for hydroxylation is 2. The summed E-state index contributed by atoms with van der Waals surface area (Å²) in [6.45, 7) is 8.12. The Bertz CT molecular complexity index is 734. The maximum atomic E-state index is 12.4. The van der Waals surface area contributed by atoms with Crippen molar-refractivity contribution >= 4 is 5.91 Å². The molecule has 0 unspecified atom stereocenters. The molecule has 0 atom stereocenters. The number of para-hydroxylation sites is 1. The predicted octanol–water partition coefficient (Wildman–Crippen LogP) is 3.71. The van der Waals surface area contributed by atoms with E-state index in [-0.39, 0.29) is 11.8 Å². The Morgan fingerprint density at radius 2 is 1.78 bits per heavy atom. The van der Waals surface area contributed by atoms with Crippen molar-refractivity contribution in [2.45, 2.75) is 33.2 Å². The van der Waals surface area contributed by atoms with Crippen molar-refractivity contribution in [1.82, 2.24) is 10.2 Å². The summed E-state index contributed by atoms with van der Waals surface area (Å²) in [6.07, 6.45) is 1.85. The van der Waals surface area contributed by atoms with Crippen LogP contribution in [0.25, 0.3) is 0 Å². The number of hydrogen-bond donors (Lipinski definition) is 1. The molecular weight excluding hydrogens is 336 g/mol. The highest BCUT2D eigenvalue weighted by atomic mass is 16.5. The van der Waals surface area contributed by atoms with E-state index in [9.17, 15) is 4.79 Å². The van der Waals surface area contributed by atoms with Gasteiger partial charge in [-0.3, -0.25) is 9.69 Å². The van der Waals surface area contributed by atoms with Gasteiger partial charge in [-0.2, -0.15) is 0 Å². The zero-order chi connectivity index (χ0) is 19.1. The van der Waals surface area contributed by atoms with E-state index in [1.54, 1.807) is 0 Å². The maximum Gasteiger partial charge on any atom is 0.223 e. The number of likely N-dealkylation sites (tertiary alicyclic amines) is 1. The molecule has 144 valence electrons. The van der Waals surface area contributed by atoms with E-state index < -0.39 is 0 Å². The predicted molar refractivity (Wildman–Crippen MR) is 109 cm³/mol. The fourth-order valence-corrected chi connectivity index (χ4v) is 3.50. The molecule has 1 aliphatic rings. The van der Waals surface area contributed by atoms with Crippen molar-refractivity contribution in [1.29, 1.82) is 0 Å². The summed E-state index contributed by atoms with van der Waals surface area (Å²) < 4.78 is 5.74. The average molecular weight is 367 g/mol. The lowest BCUT2D eigenvalue weighted by Crippen LogP contribution is -2.41. The lowest BCUT2D eigenvalue weighted by molar-refractivity contribution is -0.126. The van der Waals surface area contributed by atoms with Gasteiger partial charge >= 0.3 is 0 Å². The van der Waals surface area contributed by atoms with Gasteiger partial charge in [-0.1, -0.05) is 48.0 Å². The number of benzene rings is 2. The lowest BCUT2D eigenvalue weighted by Gasteiger charge is -2.31. The van der Waals surface area contributed by atoms with Crippen LogP contribution in [0.1, 0.15) is 29.5 Å². The summed E-state index contributed by atoms with van der Waals surface area (Å²) in [5, 5.41) is 3.03. The van der Waals surface area contributed by atoms with Crippen molar-refractivity contribution in [2.24, 2.45) is 5.92 Å². The van der Waals surface area contributed by atoms with Crippen LogP contribution in [0.4, 0.5) is 0 Å². The fourth-order valence-electron chi connectivity index (χ4n) is 3.50. The first-order valence-electron chi connectivity index (χ1n) is 9.86. The smallest absolute Gasteiger partial charge is 0.223 e. The first kappa shape index (κ1) is 19.4. The number of hydrogen-bond acceptors (Lipinski definition) is 3. The molecule has 1 amide bonds. The van der Waals surface area contributed by atoms with Crippen molar-refractivity contribution in [3.63, 3.8) is 0 Å². The largest absolute Gasteiger partial charge is 0.491 e. The Balaban J connectivity index is 1.34. The Hall–Kier alpha value is -2.33. The van der Waals surface area contributed by atoms with Crippen LogP contribution in [0.3, 0.4) is 0 Å². The Labute approximate surface area is 162 Å². The quantitative estimate of drug-likeness (QED) is 0.760. The molecule has 1 heterocycles. The molecule has 0 spiro atoms. The molecule has 4 heteroatoms. The van der Waals surface area contributed by atoms with Crippen LogP contribution in [-0.4, -0.2) is 37.0 Å². The third-order valence-electron chi connectivity index (χ3n) is 5.24. The molecule has 1 saturated heterocycles. The molecule has 4 nitrogen and oxygen atoms in total. The van der Waals surface area contributed by atoms with E-state index in [2.05, 4.69) is 41.4 Å². The van der Waals surface area contributed by atoms with E-state index in [1.807, 2.05) is 31.2 Å². The molecule has 3 rings (SSSR count). The SMILES string of the molecule is Cc1ccc(CN2CCC(C(=O)NCCOc3ccccc3C)CC2)cc1. The van der Waals surface area contributed by atoms with Gasteiger partial charge in [0.05, 0.1) is 6.54 Å². The molecular formula is C23H30N2O2. The lowest BCUT2D eigenvalue weighted by atomic mass is 9.95. The third-order valence-corrected chi connectivity index (χ3v) is 5.24. The van der Waals surface area contributed by atoms with Gasteiger partial charge < -0.3 is 10.1 Å². The maximum absolute atomic E-state index is 12.4. The zero-order valence-corrected chi connectivity index (χ0v) is 16.4. The van der Waals surface area contributed by atoms with Crippen molar-refractivity contribution in [3.8, 4) is 5.75 Å². The zero-order valence-electron chi connectivity index (χ0n) is 16.4. The number of amides is 1. The van der Waals surface area contributed by atoms with Crippen molar-refractivity contribution in [2.75, 3.05) is 26.2 Å². The summed E-state index contributed by atoms with van der Waals surface area (Å²) >= 11 is 0. The van der Waals surface area contributed by atoms with Crippen LogP contribution < -0.4 is 10.1 Å². The first-order chi connectivity index (χ1) is 13.1. The van der Waals surface area contributed by atoms with Gasteiger partial charge in [0.25, 0.3) is 0 Å². The highest BCUT2D eigenvalue weighted by Crippen LogP contribution is 2.19. The van der Waals surface area contributed by atoms with Crippen LogP contribution in [0.15, 0.2) is 48.5 Å². The number of ether oxygens (including phenoxy) is 1. The molecule has 1 N–H and O–H groups in total. The van der Waals surface area contributed by atoms with Crippen LogP contribution in [-0.2, 0) is 11.3 Å². The Morgan fingerprint density at radius 1 is 1.07 bits per heavy atom. The van der Waals surface area contributed by atoms with Crippen LogP contribution in [0.2, 0.25) is 0 Å². The van der Waals surface area contributed by atoms with E-state index in [0.29, 0.717) is 13.2 Å². The number of nitrogens with one attached hydrogen (secondary N) is 1. The monoisotopic (exact) mass is 366 g/mol. The third kappa shape index (κ3) is 5.83. The summed E-state index contributed by atoms with van der Waals surface area (Å²) in [5.74, 6) is 1.17. The van der Waals surface area contributed by atoms with E-state index >= 15 is 0 Å². The molecule has 0 aliphatic carbocycles. The summed E-state index contributed by atoms with van der Waals surface area (Å²) in [5.41, 5.74) is 3.75. The second-order valence-electron chi connectivity index (χ2n) is 7.44. The Morgan fingerprint density at radius 3 is 2.48 bits per heavy atom. The number of piperidine rings is 1. The number of carbonyl (C=O) groups is 1. The van der Waals surface area contributed by atoms with Crippen LogP contribution >= 0.6 is 0 Å². The molecule has 1 aliphatic heterocycles. The van der Waals surface area contributed by atoms with E-state index in [0.717, 1.165) is 43.8 Å². The first-order valence-corrected chi connectivity index (χ1v) is 9.86. The summed E-state index contributed by atoms with van der Waals surface area (Å²) in [6, 6.07) is 16.7. The molecule has 27 heavy (non-hydrogen) atoms. The van der Waals surface area contributed by atoms with Crippen molar-refractivity contribution < 1.29 is 9.53 Å². The minimum atomic E-state index is 0.123. The standard InChI is InChI=1S/C23H30N2O2/c1-18-7-9-20(10-8-18)17-25-14-11-21(12-15-25)23(26)24-13-16-27-22-6-4-3-5-19(22)2/h3-10,21H,11-17H2,1-2H3,(H,24,26). The van der Waals surface area contributed by atoms with Gasteiger partial charge in [0.15, 0.2) is 0 Å². The van der Waals surface area contributed by atoms with Crippen LogP contribution in [0, 0.1) is 19.8 Å². The van der Waals surface area contributed by atoms with Crippen molar-refractivity contribution in [3.05, 3.63) is 65.2 Å². The summed E-state index contributed by atoms with van der Waals surface area (Å²) in [4.78, 5) is 14.8. The van der Waals surface area contributed by atoms with Gasteiger partial charge in [0.1, 0.15) is 12.4 Å². The average Bonchev–Trinajstić information content (AvgIpc) is 2.69. The molecule has 2 aromatic rings. The van der Waals surface area contributed by atoms with Gasteiger partial charge in [-0.05, 0) is 57.0 Å².